The molecule has 0 radical (unpaired) electrons. The lowest BCUT2D eigenvalue weighted by atomic mass is 10.3. The normalized spacial score (nSPS) is 16.5. The summed E-state index contributed by atoms with van der Waals surface area (Å²) in [5.74, 6) is 1.40. The third-order valence-corrected chi connectivity index (χ3v) is 4.52. The number of halogens is 1. The van der Waals surface area contributed by atoms with E-state index in [9.17, 15) is 4.21 Å². The van der Waals surface area contributed by atoms with Crippen molar-refractivity contribution in [1.29, 1.82) is 0 Å². The predicted molar refractivity (Wildman–Crippen MR) is 83.8 cm³/mol. The fourth-order valence-corrected chi connectivity index (χ4v) is 3.57. The van der Waals surface area contributed by atoms with Gasteiger partial charge in [0.1, 0.15) is 11.3 Å². The second-order valence-electron chi connectivity index (χ2n) is 5.14. The van der Waals surface area contributed by atoms with Crippen molar-refractivity contribution in [1.82, 2.24) is 19.3 Å². The van der Waals surface area contributed by atoms with Crippen LogP contribution in [-0.4, -0.2) is 35.5 Å². The summed E-state index contributed by atoms with van der Waals surface area (Å²) >= 11 is 6.28. The highest BCUT2D eigenvalue weighted by Gasteiger charge is 2.24. The Balaban J connectivity index is 2.68. The Morgan fingerprint density at radius 3 is 2.55 bits per heavy atom. The second-order valence-corrected chi connectivity index (χ2v) is 7.28. The Morgan fingerprint density at radius 1 is 1.40 bits per heavy atom. The molecule has 2 aromatic rings. The molecule has 0 fully saturated rings. The molecule has 3 atom stereocenters. The number of nitrogens with zero attached hydrogens (tertiary/aromatic N) is 4. The molecule has 2 heterocycles. The van der Waals surface area contributed by atoms with E-state index < -0.39 is 10.8 Å². The molecule has 0 N–H and O–H groups in total. The van der Waals surface area contributed by atoms with Gasteiger partial charge in [0.2, 0.25) is 0 Å². The average Bonchev–Trinajstić information content (AvgIpc) is 2.86. The Labute approximate surface area is 126 Å². The van der Waals surface area contributed by atoms with Gasteiger partial charge in [-0.3, -0.25) is 8.89 Å². The monoisotopic (exact) mass is 316 g/mol. The van der Waals surface area contributed by atoms with Crippen LogP contribution < -0.4 is 0 Å². The van der Waals surface area contributed by atoms with Crippen LogP contribution in [0.3, 0.4) is 0 Å². The van der Waals surface area contributed by atoms with Crippen molar-refractivity contribution in [2.45, 2.75) is 38.6 Å². The number of aryl methyl sites for hydroxylation is 2. The molecule has 0 aliphatic rings. The molecule has 0 aliphatic carbocycles. The maximum Gasteiger partial charge on any atom is 0.159 e. The van der Waals surface area contributed by atoms with Gasteiger partial charge in [-0.15, -0.1) is 11.6 Å². The van der Waals surface area contributed by atoms with Crippen LogP contribution in [0.15, 0.2) is 0 Å². The largest absolute Gasteiger partial charge is 0.308 e. The first-order valence-corrected chi connectivity index (χ1v) is 8.90. The van der Waals surface area contributed by atoms with Crippen LogP contribution in [0.5, 0.6) is 0 Å². The SMILES string of the molecule is CCc1nn(C)c2c1nc(C(C)Cl)n2C(C)CS(C)=O. The molecular formula is C13H21ClN4OS. The zero-order valence-corrected chi connectivity index (χ0v) is 14.1. The lowest BCUT2D eigenvalue weighted by Crippen LogP contribution is -2.17. The molecule has 0 saturated heterocycles. The van der Waals surface area contributed by atoms with Crippen molar-refractivity contribution in [3.05, 3.63) is 11.5 Å². The van der Waals surface area contributed by atoms with Gasteiger partial charge in [0, 0.05) is 35.9 Å². The van der Waals surface area contributed by atoms with Crippen LogP contribution >= 0.6 is 11.6 Å². The van der Waals surface area contributed by atoms with E-state index in [0.29, 0.717) is 5.75 Å². The van der Waals surface area contributed by atoms with Crippen molar-refractivity contribution in [2.75, 3.05) is 12.0 Å². The molecule has 0 saturated carbocycles. The molecule has 0 spiro atoms. The number of imidazole rings is 1. The molecule has 7 heteroatoms. The van der Waals surface area contributed by atoms with E-state index in [1.54, 1.807) is 6.26 Å². The van der Waals surface area contributed by atoms with Gasteiger partial charge in [0.25, 0.3) is 0 Å². The number of fused-ring (bicyclic) bond motifs is 1. The number of aromatic nitrogens is 4. The van der Waals surface area contributed by atoms with Crippen LogP contribution in [0.4, 0.5) is 0 Å². The lowest BCUT2D eigenvalue weighted by Gasteiger charge is -2.17. The highest BCUT2D eigenvalue weighted by Crippen LogP contribution is 2.29. The van der Waals surface area contributed by atoms with Crippen molar-refractivity contribution in [3.63, 3.8) is 0 Å². The van der Waals surface area contributed by atoms with Crippen molar-refractivity contribution >= 4 is 33.6 Å². The van der Waals surface area contributed by atoms with Crippen LogP contribution in [0, 0.1) is 0 Å². The molecule has 112 valence electrons. The number of hydrogen-bond acceptors (Lipinski definition) is 3. The number of hydrogen-bond donors (Lipinski definition) is 0. The summed E-state index contributed by atoms with van der Waals surface area (Å²) in [6, 6.07) is 0.0714. The van der Waals surface area contributed by atoms with E-state index in [2.05, 4.69) is 21.6 Å². The Hall–Kier alpha value is -0.880. The minimum Gasteiger partial charge on any atom is -0.308 e. The van der Waals surface area contributed by atoms with E-state index in [1.165, 1.54) is 0 Å². The molecule has 0 aromatic carbocycles. The van der Waals surface area contributed by atoms with Gasteiger partial charge in [0.15, 0.2) is 5.65 Å². The fourth-order valence-electron chi connectivity index (χ4n) is 2.59. The van der Waals surface area contributed by atoms with E-state index in [-0.39, 0.29) is 11.4 Å². The predicted octanol–water partition coefficient (Wildman–Crippen LogP) is 2.57. The summed E-state index contributed by atoms with van der Waals surface area (Å²) in [5, 5.41) is 4.31. The average molecular weight is 317 g/mol. The highest BCUT2D eigenvalue weighted by atomic mass is 35.5. The van der Waals surface area contributed by atoms with Gasteiger partial charge in [-0.25, -0.2) is 4.98 Å². The first-order valence-electron chi connectivity index (χ1n) is 6.74. The quantitative estimate of drug-likeness (QED) is 0.797. The molecule has 0 amide bonds. The zero-order chi connectivity index (χ0) is 15.0. The van der Waals surface area contributed by atoms with E-state index in [1.807, 2.05) is 25.6 Å². The summed E-state index contributed by atoms with van der Waals surface area (Å²) in [6.07, 6.45) is 2.55. The summed E-state index contributed by atoms with van der Waals surface area (Å²) < 4.78 is 15.5. The van der Waals surface area contributed by atoms with Crippen LogP contribution in [0.25, 0.3) is 11.2 Å². The summed E-state index contributed by atoms with van der Waals surface area (Å²) in [7, 11) is 1.05. The maximum atomic E-state index is 11.5. The first kappa shape index (κ1) is 15.5. The lowest BCUT2D eigenvalue weighted by molar-refractivity contribution is 0.565. The Bertz CT molecular complexity index is 646. The summed E-state index contributed by atoms with van der Waals surface area (Å²) in [4.78, 5) is 4.68. The third-order valence-electron chi connectivity index (χ3n) is 3.37. The van der Waals surface area contributed by atoms with Crippen molar-refractivity contribution in [3.8, 4) is 0 Å². The first-order chi connectivity index (χ1) is 9.36. The maximum absolute atomic E-state index is 11.5. The number of alkyl halides is 1. The molecule has 0 bridgehead atoms. The van der Waals surface area contributed by atoms with Crippen molar-refractivity contribution in [2.24, 2.45) is 7.05 Å². The Kier molecular flexibility index (Phi) is 4.54. The zero-order valence-electron chi connectivity index (χ0n) is 12.6. The molecule has 20 heavy (non-hydrogen) atoms. The third kappa shape index (κ3) is 2.63. The minimum absolute atomic E-state index is 0.0714. The topological polar surface area (TPSA) is 52.7 Å². The standard InChI is InChI=1S/C13H21ClN4OS/c1-6-10-11-13(17(4)16-10)18(8(2)7-20(5)19)12(15-11)9(3)14/h8-9H,6-7H2,1-5H3. The fraction of sp³-hybridized carbons (Fsp3) is 0.692. The van der Waals surface area contributed by atoms with Crippen LogP contribution in [0.2, 0.25) is 0 Å². The number of rotatable bonds is 5. The van der Waals surface area contributed by atoms with E-state index in [0.717, 1.165) is 29.1 Å². The second kappa shape index (κ2) is 5.85. The Morgan fingerprint density at radius 2 is 2.05 bits per heavy atom. The van der Waals surface area contributed by atoms with Gasteiger partial charge >= 0.3 is 0 Å². The van der Waals surface area contributed by atoms with Gasteiger partial charge in [0.05, 0.1) is 11.1 Å². The van der Waals surface area contributed by atoms with Gasteiger partial charge in [-0.2, -0.15) is 5.10 Å². The van der Waals surface area contributed by atoms with Crippen LogP contribution in [0.1, 0.15) is 43.7 Å². The van der Waals surface area contributed by atoms with E-state index in [4.69, 9.17) is 11.6 Å². The molecule has 2 aromatic heterocycles. The van der Waals surface area contributed by atoms with Crippen molar-refractivity contribution < 1.29 is 4.21 Å². The molecule has 5 nitrogen and oxygen atoms in total. The molecular weight excluding hydrogens is 296 g/mol. The molecule has 0 aliphatic heterocycles. The van der Waals surface area contributed by atoms with E-state index >= 15 is 0 Å². The molecule has 3 unspecified atom stereocenters. The minimum atomic E-state index is -0.868. The summed E-state index contributed by atoms with van der Waals surface area (Å²) in [5.41, 5.74) is 2.85. The van der Waals surface area contributed by atoms with Gasteiger partial charge < -0.3 is 4.57 Å². The van der Waals surface area contributed by atoms with Crippen LogP contribution in [-0.2, 0) is 24.3 Å². The smallest absolute Gasteiger partial charge is 0.159 e. The summed E-state index contributed by atoms with van der Waals surface area (Å²) in [6.45, 7) is 6.02. The van der Waals surface area contributed by atoms with Gasteiger partial charge in [-0.05, 0) is 20.3 Å². The van der Waals surface area contributed by atoms with Gasteiger partial charge in [-0.1, -0.05) is 6.92 Å². The molecule has 2 rings (SSSR count). The highest BCUT2D eigenvalue weighted by molar-refractivity contribution is 7.84.